The van der Waals surface area contributed by atoms with Crippen molar-refractivity contribution in [3.05, 3.63) is 29.3 Å². The molecular formula is C17H26N2S. The van der Waals surface area contributed by atoms with E-state index in [1.165, 1.54) is 9.71 Å². The van der Waals surface area contributed by atoms with Crippen LogP contribution in [0.1, 0.15) is 39.6 Å². The number of benzene rings is 1. The van der Waals surface area contributed by atoms with Gasteiger partial charge < -0.3 is 5.32 Å². The van der Waals surface area contributed by atoms with E-state index in [4.69, 9.17) is 4.98 Å². The highest BCUT2D eigenvalue weighted by Gasteiger charge is 2.26. The van der Waals surface area contributed by atoms with Crippen molar-refractivity contribution in [3.8, 4) is 0 Å². The Bertz CT molecular complexity index is 518. The van der Waals surface area contributed by atoms with E-state index >= 15 is 0 Å². The molecule has 0 aliphatic carbocycles. The SMILES string of the molecule is CC(C)NCC(Cc1nc2ccccc2s1)C(C)(C)C. The fourth-order valence-corrected chi connectivity index (χ4v) is 3.33. The summed E-state index contributed by atoms with van der Waals surface area (Å²) in [6, 6.07) is 8.96. The topological polar surface area (TPSA) is 24.9 Å². The van der Waals surface area contributed by atoms with Crippen LogP contribution >= 0.6 is 11.3 Å². The Morgan fingerprint density at radius 3 is 2.50 bits per heavy atom. The summed E-state index contributed by atoms with van der Waals surface area (Å²) in [6.45, 7) is 12.4. The number of hydrogen-bond donors (Lipinski definition) is 1. The lowest BCUT2D eigenvalue weighted by Gasteiger charge is -2.31. The van der Waals surface area contributed by atoms with Gasteiger partial charge in [0.15, 0.2) is 0 Å². The van der Waals surface area contributed by atoms with E-state index in [0.717, 1.165) is 18.5 Å². The van der Waals surface area contributed by atoms with Gasteiger partial charge in [-0.1, -0.05) is 46.8 Å². The van der Waals surface area contributed by atoms with E-state index in [9.17, 15) is 0 Å². The van der Waals surface area contributed by atoms with Crippen molar-refractivity contribution in [1.29, 1.82) is 0 Å². The van der Waals surface area contributed by atoms with Crippen molar-refractivity contribution in [2.24, 2.45) is 11.3 Å². The normalized spacial score (nSPS) is 14.1. The van der Waals surface area contributed by atoms with Crippen molar-refractivity contribution in [1.82, 2.24) is 10.3 Å². The van der Waals surface area contributed by atoms with Crippen LogP contribution in [-0.4, -0.2) is 17.6 Å². The van der Waals surface area contributed by atoms with Crippen molar-refractivity contribution in [2.75, 3.05) is 6.54 Å². The number of thiazole rings is 1. The highest BCUT2D eigenvalue weighted by molar-refractivity contribution is 7.18. The van der Waals surface area contributed by atoms with Crippen LogP contribution in [-0.2, 0) is 6.42 Å². The van der Waals surface area contributed by atoms with Crippen molar-refractivity contribution >= 4 is 21.6 Å². The summed E-state index contributed by atoms with van der Waals surface area (Å²) in [5.41, 5.74) is 1.43. The van der Waals surface area contributed by atoms with E-state index in [2.05, 4.69) is 64.2 Å². The first-order chi connectivity index (χ1) is 9.36. The summed E-state index contributed by atoms with van der Waals surface area (Å²) in [5.74, 6) is 0.602. The molecule has 0 fully saturated rings. The molecule has 0 saturated carbocycles. The van der Waals surface area contributed by atoms with Crippen LogP contribution < -0.4 is 5.32 Å². The maximum absolute atomic E-state index is 4.78. The Balaban J connectivity index is 2.14. The van der Waals surface area contributed by atoms with Crippen LogP contribution in [0.3, 0.4) is 0 Å². The molecular weight excluding hydrogens is 264 g/mol. The van der Waals surface area contributed by atoms with Gasteiger partial charge in [-0.2, -0.15) is 0 Å². The first-order valence-electron chi connectivity index (χ1n) is 7.44. The third-order valence-electron chi connectivity index (χ3n) is 3.76. The van der Waals surface area contributed by atoms with Crippen molar-refractivity contribution in [2.45, 2.75) is 47.1 Å². The summed E-state index contributed by atoms with van der Waals surface area (Å²) in [4.78, 5) is 4.78. The fourth-order valence-electron chi connectivity index (χ4n) is 2.28. The molecule has 0 aliphatic rings. The van der Waals surface area contributed by atoms with Crippen molar-refractivity contribution < 1.29 is 0 Å². The Morgan fingerprint density at radius 1 is 1.20 bits per heavy atom. The molecule has 1 heterocycles. The zero-order chi connectivity index (χ0) is 14.8. The first-order valence-corrected chi connectivity index (χ1v) is 8.25. The molecule has 3 heteroatoms. The van der Waals surface area contributed by atoms with E-state index in [1.54, 1.807) is 0 Å². The molecule has 0 spiro atoms. The summed E-state index contributed by atoms with van der Waals surface area (Å²) in [5, 5.41) is 4.84. The highest BCUT2D eigenvalue weighted by atomic mass is 32.1. The number of hydrogen-bond acceptors (Lipinski definition) is 3. The molecule has 1 unspecified atom stereocenters. The molecule has 2 rings (SSSR count). The number of rotatable bonds is 5. The van der Waals surface area contributed by atoms with Gasteiger partial charge in [0.1, 0.15) is 0 Å². The average molecular weight is 290 g/mol. The fraction of sp³-hybridized carbons (Fsp3) is 0.588. The largest absolute Gasteiger partial charge is 0.314 e. The molecule has 1 aromatic heterocycles. The van der Waals surface area contributed by atoms with Gasteiger partial charge in [0.2, 0.25) is 0 Å². The highest BCUT2D eigenvalue weighted by Crippen LogP contribution is 2.31. The minimum absolute atomic E-state index is 0.291. The predicted molar refractivity (Wildman–Crippen MR) is 89.4 cm³/mol. The molecule has 0 bridgehead atoms. The molecule has 20 heavy (non-hydrogen) atoms. The maximum atomic E-state index is 4.78. The smallest absolute Gasteiger partial charge is 0.0942 e. The lowest BCUT2D eigenvalue weighted by Crippen LogP contribution is -2.36. The summed E-state index contributed by atoms with van der Waals surface area (Å²) in [6.07, 6.45) is 1.06. The number of aromatic nitrogens is 1. The van der Waals surface area contributed by atoms with Crippen LogP contribution in [0.5, 0.6) is 0 Å². The van der Waals surface area contributed by atoms with Crippen LogP contribution in [0.15, 0.2) is 24.3 Å². The van der Waals surface area contributed by atoms with Gasteiger partial charge in [-0.3, -0.25) is 0 Å². The number of nitrogens with one attached hydrogen (secondary N) is 1. The third-order valence-corrected chi connectivity index (χ3v) is 4.82. The number of nitrogens with zero attached hydrogens (tertiary/aromatic N) is 1. The maximum Gasteiger partial charge on any atom is 0.0942 e. The predicted octanol–water partition coefficient (Wildman–Crippen LogP) is 4.50. The molecule has 0 saturated heterocycles. The standard InChI is InChI=1S/C17H26N2S/c1-12(2)18-11-13(17(3,4)5)10-16-19-14-8-6-7-9-15(14)20-16/h6-9,12-13,18H,10-11H2,1-5H3. The third kappa shape index (κ3) is 4.03. The number of fused-ring (bicyclic) bond motifs is 1. The Kier molecular flexibility index (Phi) is 4.82. The van der Waals surface area contributed by atoms with Gasteiger partial charge in [-0.05, 0) is 30.0 Å². The second kappa shape index (κ2) is 6.23. The van der Waals surface area contributed by atoms with Gasteiger partial charge in [-0.15, -0.1) is 11.3 Å². The molecule has 1 N–H and O–H groups in total. The number of para-hydroxylation sites is 1. The zero-order valence-corrected chi connectivity index (χ0v) is 14.1. The van der Waals surface area contributed by atoms with Gasteiger partial charge in [-0.25, -0.2) is 4.98 Å². The average Bonchev–Trinajstić information content (AvgIpc) is 2.75. The van der Waals surface area contributed by atoms with Gasteiger partial charge >= 0.3 is 0 Å². The quantitative estimate of drug-likeness (QED) is 0.877. The van der Waals surface area contributed by atoms with Gasteiger partial charge in [0.25, 0.3) is 0 Å². The minimum atomic E-state index is 0.291. The molecule has 0 amide bonds. The van der Waals surface area contributed by atoms with Crippen LogP contribution in [0, 0.1) is 11.3 Å². The lowest BCUT2D eigenvalue weighted by molar-refractivity contribution is 0.226. The molecule has 0 radical (unpaired) electrons. The molecule has 1 aromatic carbocycles. The molecule has 0 aliphatic heterocycles. The summed E-state index contributed by atoms with van der Waals surface area (Å²) >= 11 is 1.84. The van der Waals surface area contributed by atoms with E-state index in [0.29, 0.717) is 17.4 Å². The second-order valence-electron chi connectivity index (χ2n) is 6.91. The monoisotopic (exact) mass is 290 g/mol. The Hall–Kier alpha value is -0.930. The molecule has 110 valence electrons. The van der Waals surface area contributed by atoms with Gasteiger partial charge in [0, 0.05) is 12.5 Å². The van der Waals surface area contributed by atoms with E-state index in [-0.39, 0.29) is 0 Å². The Labute approximate surface area is 126 Å². The van der Waals surface area contributed by atoms with E-state index < -0.39 is 0 Å². The zero-order valence-electron chi connectivity index (χ0n) is 13.2. The minimum Gasteiger partial charge on any atom is -0.314 e. The molecule has 2 aromatic rings. The summed E-state index contributed by atoms with van der Waals surface area (Å²) < 4.78 is 1.30. The van der Waals surface area contributed by atoms with Crippen LogP contribution in [0.2, 0.25) is 0 Å². The van der Waals surface area contributed by atoms with Crippen LogP contribution in [0.4, 0.5) is 0 Å². The van der Waals surface area contributed by atoms with Gasteiger partial charge in [0.05, 0.1) is 15.2 Å². The molecule has 2 nitrogen and oxygen atoms in total. The van der Waals surface area contributed by atoms with Crippen molar-refractivity contribution in [3.63, 3.8) is 0 Å². The second-order valence-corrected chi connectivity index (χ2v) is 8.02. The van der Waals surface area contributed by atoms with E-state index in [1.807, 2.05) is 11.3 Å². The summed E-state index contributed by atoms with van der Waals surface area (Å²) in [7, 11) is 0. The molecule has 1 atom stereocenters. The Morgan fingerprint density at radius 2 is 1.90 bits per heavy atom. The van der Waals surface area contributed by atoms with Crippen LogP contribution in [0.25, 0.3) is 10.2 Å². The lowest BCUT2D eigenvalue weighted by atomic mass is 9.78. The first kappa shape index (κ1) is 15.5.